The normalized spacial score (nSPS) is 19.7. The first-order valence-corrected chi connectivity index (χ1v) is 10.7. The van der Waals surface area contributed by atoms with Gasteiger partial charge in [0.25, 0.3) is 0 Å². The Bertz CT molecular complexity index is 965. The van der Waals surface area contributed by atoms with Gasteiger partial charge in [0.2, 0.25) is 5.88 Å². The second-order valence-corrected chi connectivity index (χ2v) is 8.28. The first-order chi connectivity index (χ1) is 14.3. The second kappa shape index (κ2) is 8.03. The van der Waals surface area contributed by atoms with E-state index in [-0.39, 0.29) is 0 Å². The van der Waals surface area contributed by atoms with Crippen LogP contribution >= 0.6 is 0 Å². The zero-order valence-corrected chi connectivity index (χ0v) is 17.0. The SMILES string of the molecule is CN1CCCC1CCOc1ccc2ncc(-c3ccc(OCC4CC4)cc3)n2n1. The second-order valence-electron chi connectivity index (χ2n) is 8.28. The van der Waals surface area contributed by atoms with E-state index >= 15 is 0 Å². The lowest BCUT2D eigenvalue weighted by Crippen LogP contribution is -2.26. The summed E-state index contributed by atoms with van der Waals surface area (Å²) in [5.41, 5.74) is 2.83. The molecule has 1 saturated carbocycles. The smallest absolute Gasteiger partial charge is 0.231 e. The highest BCUT2D eigenvalue weighted by Gasteiger charge is 2.22. The fourth-order valence-corrected chi connectivity index (χ4v) is 3.99. The Balaban J connectivity index is 1.27. The van der Waals surface area contributed by atoms with Crippen LogP contribution in [0.3, 0.4) is 0 Å². The number of hydrogen-bond acceptors (Lipinski definition) is 5. The summed E-state index contributed by atoms with van der Waals surface area (Å²) in [7, 11) is 2.20. The molecule has 2 aliphatic rings. The van der Waals surface area contributed by atoms with Crippen molar-refractivity contribution in [2.24, 2.45) is 5.92 Å². The highest BCUT2D eigenvalue weighted by Crippen LogP contribution is 2.30. The lowest BCUT2D eigenvalue weighted by atomic mass is 10.1. The molecule has 2 fully saturated rings. The van der Waals surface area contributed by atoms with E-state index in [9.17, 15) is 0 Å². The Morgan fingerprint density at radius 3 is 2.66 bits per heavy atom. The van der Waals surface area contributed by atoms with E-state index in [1.165, 1.54) is 32.2 Å². The van der Waals surface area contributed by atoms with Crippen molar-refractivity contribution in [3.63, 3.8) is 0 Å². The molecule has 3 heterocycles. The number of imidazole rings is 1. The highest BCUT2D eigenvalue weighted by atomic mass is 16.5. The molecule has 1 aliphatic carbocycles. The summed E-state index contributed by atoms with van der Waals surface area (Å²) in [6, 6.07) is 12.7. The van der Waals surface area contributed by atoms with Crippen LogP contribution in [0, 0.1) is 5.92 Å². The minimum atomic E-state index is 0.628. The topological polar surface area (TPSA) is 51.9 Å². The lowest BCUT2D eigenvalue weighted by Gasteiger charge is -2.19. The number of aromatic nitrogens is 3. The Kier molecular flexibility index (Phi) is 5.10. The summed E-state index contributed by atoms with van der Waals surface area (Å²) in [5.74, 6) is 2.32. The zero-order chi connectivity index (χ0) is 19.6. The van der Waals surface area contributed by atoms with Gasteiger partial charge < -0.3 is 14.4 Å². The minimum Gasteiger partial charge on any atom is -0.493 e. The van der Waals surface area contributed by atoms with Crippen LogP contribution in [0.5, 0.6) is 11.6 Å². The summed E-state index contributed by atoms with van der Waals surface area (Å²) in [5, 5.41) is 4.67. The van der Waals surface area contributed by atoms with Crippen LogP contribution in [-0.4, -0.2) is 52.3 Å². The van der Waals surface area contributed by atoms with Crippen molar-refractivity contribution in [2.45, 2.75) is 38.1 Å². The first kappa shape index (κ1) is 18.4. The van der Waals surface area contributed by atoms with Crippen LogP contribution in [0.1, 0.15) is 32.1 Å². The molecule has 0 amide bonds. The Morgan fingerprint density at radius 1 is 1.03 bits per heavy atom. The van der Waals surface area contributed by atoms with Crippen LogP contribution in [0.2, 0.25) is 0 Å². The van der Waals surface area contributed by atoms with E-state index in [1.807, 2.05) is 35.0 Å². The predicted molar refractivity (Wildman–Crippen MR) is 112 cm³/mol. The molecule has 1 atom stereocenters. The molecule has 1 aliphatic heterocycles. The molecule has 1 saturated heterocycles. The Hall–Kier alpha value is -2.60. The molecule has 0 spiro atoms. The molecule has 1 aromatic carbocycles. The van der Waals surface area contributed by atoms with E-state index < -0.39 is 0 Å². The maximum atomic E-state index is 5.96. The molecule has 0 bridgehead atoms. The lowest BCUT2D eigenvalue weighted by molar-refractivity contribution is 0.227. The average Bonchev–Trinajstić information content (AvgIpc) is 3.35. The van der Waals surface area contributed by atoms with Gasteiger partial charge in [-0.1, -0.05) is 0 Å². The van der Waals surface area contributed by atoms with Crippen LogP contribution in [0.4, 0.5) is 0 Å². The van der Waals surface area contributed by atoms with Crippen LogP contribution in [-0.2, 0) is 0 Å². The molecule has 6 nitrogen and oxygen atoms in total. The molecule has 29 heavy (non-hydrogen) atoms. The number of nitrogens with zero attached hydrogens (tertiary/aromatic N) is 4. The van der Waals surface area contributed by atoms with Gasteiger partial charge in [-0.3, -0.25) is 0 Å². The van der Waals surface area contributed by atoms with Gasteiger partial charge in [0, 0.05) is 17.7 Å². The third-order valence-electron chi connectivity index (χ3n) is 6.04. The van der Waals surface area contributed by atoms with Gasteiger partial charge in [-0.2, -0.15) is 0 Å². The summed E-state index contributed by atoms with van der Waals surface area (Å²) >= 11 is 0. The largest absolute Gasteiger partial charge is 0.493 e. The number of fused-ring (bicyclic) bond motifs is 1. The fourth-order valence-electron chi connectivity index (χ4n) is 3.99. The summed E-state index contributed by atoms with van der Waals surface area (Å²) in [6.07, 6.45) is 8.04. The number of ether oxygens (including phenoxy) is 2. The zero-order valence-electron chi connectivity index (χ0n) is 17.0. The van der Waals surface area contributed by atoms with Gasteiger partial charge in [0.15, 0.2) is 5.65 Å². The van der Waals surface area contributed by atoms with Gasteiger partial charge in [-0.25, -0.2) is 9.50 Å². The van der Waals surface area contributed by atoms with E-state index in [0.29, 0.717) is 18.5 Å². The predicted octanol–water partition coefficient (Wildman–Crippen LogP) is 4.05. The maximum absolute atomic E-state index is 5.96. The summed E-state index contributed by atoms with van der Waals surface area (Å²) < 4.78 is 13.7. The van der Waals surface area contributed by atoms with Crippen molar-refractivity contribution in [3.8, 4) is 22.9 Å². The molecular weight excluding hydrogens is 364 g/mol. The number of hydrogen-bond donors (Lipinski definition) is 0. The molecular formula is C23H28N4O2. The molecule has 152 valence electrons. The molecule has 3 aromatic rings. The minimum absolute atomic E-state index is 0.628. The van der Waals surface area contributed by atoms with Gasteiger partial charge in [-0.05, 0) is 81.9 Å². The number of benzene rings is 1. The third kappa shape index (κ3) is 4.22. The van der Waals surface area contributed by atoms with Crippen molar-refractivity contribution >= 4 is 5.65 Å². The molecule has 6 heteroatoms. The van der Waals surface area contributed by atoms with Gasteiger partial charge in [0.1, 0.15) is 5.75 Å². The van der Waals surface area contributed by atoms with Crippen molar-refractivity contribution < 1.29 is 9.47 Å². The summed E-state index contributed by atoms with van der Waals surface area (Å²) in [6.45, 7) is 2.70. The fraction of sp³-hybridized carbons (Fsp3) is 0.478. The van der Waals surface area contributed by atoms with E-state index in [4.69, 9.17) is 9.47 Å². The molecule has 5 rings (SSSR count). The first-order valence-electron chi connectivity index (χ1n) is 10.7. The van der Waals surface area contributed by atoms with Crippen LogP contribution in [0.25, 0.3) is 16.9 Å². The molecule has 1 unspecified atom stereocenters. The van der Waals surface area contributed by atoms with Gasteiger partial charge in [0.05, 0.1) is 25.1 Å². The van der Waals surface area contributed by atoms with Crippen molar-refractivity contribution in [1.82, 2.24) is 19.5 Å². The average molecular weight is 393 g/mol. The highest BCUT2D eigenvalue weighted by molar-refractivity contribution is 5.63. The molecule has 2 aromatic heterocycles. The Labute approximate surface area is 171 Å². The van der Waals surface area contributed by atoms with Crippen molar-refractivity contribution in [1.29, 1.82) is 0 Å². The van der Waals surface area contributed by atoms with Gasteiger partial charge in [-0.15, -0.1) is 5.10 Å². The van der Waals surface area contributed by atoms with E-state index in [2.05, 4.69) is 34.2 Å². The third-order valence-corrected chi connectivity index (χ3v) is 6.04. The monoisotopic (exact) mass is 392 g/mol. The van der Waals surface area contributed by atoms with E-state index in [0.717, 1.165) is 41.6 Å². The number of rotatable bonds is 8. The quantitative estimate of drug-likeness (QED) is 0.579. The Morgan fingerprint density at radius 2 is 1.90 bits per heavy atom. The molecule has 0 radical (unpaired) electrons. The van der Waals surface area contributed by atoms with Crippen molar-refractivity contribution in [2.75, 3.05) is 26.8 Å². The van der Waals surface area contributed by atoms with E-state index in [1.54, 1.807) is 0 Å². The molecule has 0 N–H and O–H groups in total. The van der Waals surface area contributed by atoms with Crippen molar-refractivity contribution in [3.05, 3.63) is 42.6 Å². The maximum Gasteiger partial charge on any atom is 0.231 e. The van der Waals surface area contributed by atoms with Crippen LogP contribution in [0.15, 0.2) is 42.6 Å². The summed E-state index contributed by atoms with van der Waals surface area (Å²) in [4.78, 5) is 6.91. The van der Waals surface area contributed by atoms with Crippen LogP contribution < -0.4 is 9.47 Å². The van der Waals surface area contributed by atoms with Gasteiger partial charge >= 0.3 is 0 Å². The standard InChI is InChI=1S/C23H28N4O2/c1-26-13-2-3-19(26)12-14-28-23-11-10-22-24-15-21(27(22)25-23)18-6-8-20(9-7-18)29-16-17-4-5-17/h6-11,15,17,19H,2-5,12-14,16H2,1H3. The number of likely N-dealkylation sites (tertiary alicyclic amines) is 1.